The average molecular weight is 419 g/mol. The third-order valence-corrected chi connectivity index (χ3v) is 6.67. The summed E-state index contributed by atoms with van der Waals surface area (Å²) in [4.78, 5) is 10.8. The number of nitrogens with two attached hydrogens (primary N) is 1. The molecule has 2 aliphatic heterocycles. The zero-order chi connectivity index (χ0) is 21.3. The van der Waals surface area contributed by atoms with Crippen LogP contribution < -0.4 is 11.1 Å². The van der Waals surface area contributed by atoms with Crippen LogP contribution in [0, 0.1) is 0 Å². The van der Waals surface area contributed by atoms with E-state index in [1.807, 2.05) is 0 Å². The minimum Gasteiger partial charge on any atom is -0.388 e. The molecule has 1 unspecified atom stereocenters. The van der Waals surface area contributed by atoms with Crippen molar-refractivity contribution in [2.75, 3.05) is 31.9 Å². The fraction of sp³-hybridized carbons (Fsp3) is 0.714. The molecule has 0 radical (unpaired) electrons. The number of rotatable bonds is 8. The van der Waals surface area contributed by atoms with E-state index in [0.717, 1.165) is 32.6 Å². The van der Waals surface area contributed by atoms with Gasteiger partial charge in [0.2, 0.25) is 0 Å². The number of aromatic nitrogens is 3. The molecule has 4 rings (SSSR count). The van der Waals surface area contributed by atoms with Crippen LogP contribution in [0.15, 0.2) is 18.6 Å². The number of likely N-dealkylation sites (tertiary alicyclic amines) is 1. The number of aliphatic hydroxyl groups excluding tert-OH is 2. The minimum atomic E-state index is -1.03. The Morgan fingerprint density at radius 3 is 2.97 bits per heavy atom. The van der Waals surface area contributed by atoms with Gasteiger partial charge in [-0.15, -0.1) is 0 Å². The van der Waals surface area contributed by atoms with Gasteiger partial charge in [-0.3, -0.25) is 4.90 Å². The van der Waals surface area contributed by atoms with Gasteiger partial charge in [-0.05, 0) is 51.8 Å². The molecule has 0 spiro atoms. The summed E-state index contributed by atoms with van der Waals surface area (Å²) < 4.78 is 7.86. The third-order valence-electron chi connectivity index (χ3n) is 6.67. The molecule has 2 saturated heterocycles. The number of hydrogen-bond donors (Lipinski definition) is 4. The largest absolute Gasteiger partial charge is 0.388 e. The van der Waals surface area contributed by atoms with Crippen molar-refractivity contribution in [3.8, 4) is 0 Å². The van der Waals surface area contributed by atoms with E-state index in [-0.39, 0.29) is 5.54 Å². The summed E-state index contributed by atoms with van der Waals surface area (Å²) >= 11 is 0. The second-order valence-corrected chi connectivity index (χ2v) is 8.82. The molecule has 2 aromatic heterocycles. The van der Waals surface area contributed by atoms with E-state index < -0.39 is 24.5 Å². The van der Waals surface area contributed by atoms with Gasteiger partial charge in [0.15, 0.2) is 6.23 Å². The molecule has 9 nitrogen and oxygen atoms in total. The first-order valence-electron chi connectivity index (χ1n) is 11.0. The standard InChI is InChI=1S/C21H34N6O3/c1-3-8-23-12-21(2)7-4-9-26(21)10-6-15-16(28)17(29)20(30-15)27-11-5-14-18(22)24-13-25-19(14)27/h5,11,13,15-17,20,23,28-29H,3-4,6-10,12H2,1-2H3,(H2,22,24,25)/t15-,16-,17-,20-,21?/m1/s1. The van der Waals surface area contributed by atoms with Crippen LogP contribution in [0.1, 0.15) is 45.8 Å². The predicted molar refractivity (Wildman–Crippen MR) is 115 cm³/mol. The van der Waals surface area contributed by atoms with E-state index in [0.29, 0.717) is 23.3 Å². The van der Waals surface area contributed by atoms with Crippen LogP contribution in [0.2, 0.25) is 0 Å². The summed E-state index contributed by atoms with van der Waals surface area (Å²) in [5, 5.41) is 25.6. The quantitative estimate of drug-likeness (QED) is 0.466. The molecule has 0 bridgehead atoms. The van der Waals surface area contributed by atoms with Gasteiger partial charge in [-0.1, -0.05) is 6.92 Å². The minimum absolute atomic E-state index is 0.127. The first kappa shape index (κ1) is 21.5. The second kappa shape index (κ2) is 8.76. The molecule has 5 N–H and O–H groups in total. The van der Waals surface area contributed by atoms with Crippen LogP contribution in [-0.2, 0) is 4.74 Å². The van der Waals surface area contributed by atoms with Crippen LogP contribution in [0.4, 0.5) is 5.82 Å². The molecule has 2 aromatic rings. The van der Waals surface area contributed by atoms with Gasteiger partial charge in [0.1, 0.15) is 30.0 Å². The van der Waals surface area contributed by atoms with Gasteiger partial charge in [0.25, 0.3) is 0 Å². The lowest BCUT2D eigenvalue weighted by molar-refractivity contribution is -0.0402. The molecular formula is C21H34N6O3. The Balaban J connectivity index is 1.42. The van der Waals surface area contributed by atoms with Crippen molar-refractivity contribution < 1.29 is 14.9 Å². The molecule has 0 aliphatic carbocycles. The number of anilines is 1. The Bertz CT molecular complexity index is 860. The highest BCUT2D eigenvalue weighted by Gasteiger charge is 2.45. The first-order chi connectivity index (χ1) is 14.4. The van der Waals surface area contributed by atoms with Crippen molar-refractivity contribution in [1.29, 1.82) is 0 Å². The number of ether oxygens (including phenoxy) is 1. The Kier molecular flexibility index (Phi) is 6.26. The number of nitrogens with one attached hydrogen (secondary N) is 1. The zero-order valence-electron chi connectivity index (χ0n) is 17.9. The molecule has 2 fully saturated rings. The number of aliphatic hydroxyl groups is 2. The van der Waals surface area contributed by atoms with E-state index >= 15 is 0 Å². The summed E-state index contributed by atoms with van der Waals surface area (Å²) in [5.74, 6) is 0.383. The molecule has 30 heavy (non-hydrogen) atoms. The summed E-state index contributed by atoms with van der Waals surface area (Å²) in [6.07, 6.45) is 4.19. The monoisotopic (exact) mass is 418 g/mol. The highest BCUT2D eigenvalue weighted by atomic mass is 16.6. The Morgan fingerprint density at radius 2 is 2.17 bits per heavy atom. The van der Waals surface area contributed by atoms with E-state index in [9.17, 15) is 10.2 Å². The maximum Gasteiger partial charge on any atom is 0.164 e. The normalized spacial score (nSPS) is 32.4. The summed E-state index contributed by atoms with van der Waals surface area (Å²) in [7, 11) is 0. The predicted octanol–water partition coefficient (Wildman–Crippen LogP) is 0.877. The maximum absolute atomic E-state index is 10.7. The maximum atomic E-state index is 10.7. The molecule has 5 atom stereocenters. The van der Waals surface area contributed by atoms with Crippen molar-refractivity contribution in [3.63, 3.8) is 0 Å². The van der Waals surface area contributed by atoms with Crippen LogP contribution >= 0.6 is 0 Å². The number of hydrogen-bond acceptors (Lipinski definition) is 8. The van der Waals surface area contributed by atoms with Crippen molar-refractivity contribution in [2.45, 2.75) is 69.6 Å². The Hall–Kier alpha value is -1.78. The van der Waals surface area contributed by atoms with Crippen molar-refractivity contribution in [2.24, 2.45) is 0 Å². The summed E-state index contributed by atoms with van der Waals surface area (Å²) in [5.41, 5.74) is 6.63. The van der Waals surface area contributed by atoms with Gasteiger partial charge in [0, 0.05) is 24.8 Å². The van der Waals surface area contributed by atoms with Crippen molar-refractivity contribution in [3.05, 3.63) is 18.6 Å². The lowest BCUT2D eigenvalue weighted by Crippen LogP contribution is -2.50. The molecule has 0 saturated carbocycles. The van der Waals surface area contributed by atoms with Gasteiger partial charge in [-0.2, -0.15) is 0 Å². The lowest BCUT2D eigenvalue weighted by atomic mass is 9.98. The molecule has 2 aliphatic rings. The first-order valence-corrected chi connectivity index (χ1v) is 11.0. The Labute approximate surface area is 177 Å². The Morgan fingerprint density at radius 1 is 1.33 bits per heavy atom. The SMILES string of the molecule is CCCNCC1(C)CCCN1CC[C@H]1O[C@@H](n2ccc3c(N)ncnc32)[C@H](O)[C@@H]1O. The molecule has 0 amide bonds. The van der Waals surface area contributed by atoms with Crippen molar-refractivity contribution >= 4 is 16.9 Å². The van der Waals surface area contributed by atoms with Crippen LogP contribution in [0.25, 0.3) is 11.0 Å². The average Bonchev–Trinajstić information content (AvgIpc) is 3.39. The molecular weight excluding hydrogens is 384 g/mol. The fourth-order valence-corrected chi connectivity index (χ4v) is 4.87. The van der Waals surface area contributed by atoms with Gasteiger partial charge >= 0.3 is 0 Å². The van der Waals surface area contributed by atoms with Crippen molar-refractivity contribution in [1.82, 2.24) is 24.8 Å². The van der Waals surface area contributed by atoms with E-state index in [2.05, 4.69) is 34.0 Å². The zero-order valence-corrected chi connectivity index (χ0v) is 17.9. The summed E-state index contributed by atoms with van der Waals surface area (Å²) in [6, 6.07) is 1.80. The van der Waals surface area contributed by atoms with Gasteiger partial charge in [-0.25, -0.2) is 9.97 Å². The molecule has 166 valence electrons. The van der Waals surface area contributed by atoms with Crippen LogP contribution in [0.5, 0.6) is 0 Å². The van der Waals surface area contributed by atoms with Gasteiger partial charge in [0.05, 0.1) is 11.5 Å². The van der Waals surface area contributed by atoms with E-state index in [4.69, 9.17) is 10.5 Å². The highest BCUT2D eigenvalue weighted by molar-refractivity contribution is 5.86. The molecule has 9 heteroatoms. The smallest absolute Gasteiger partial charge is 0.164 e. The van der Waals surface area contributed by atoms with E-state index in [1.54, 1.807) is 16.8 Å². The van der Waals surface area contributed by atoms with Crippen LogP contribution in [-0.4, -0.2) is 79.7 Å². The number of nitrogen functional groups attached to an aromatic ring is 1. The summed E-state index contributed by atoms with van der Waals surface area (Å²) in [6.45, 7) is 8.36. The lowest BCUT2D eigenvalue weighted by Gasteiger charge is -2.36. The fourth-order valence-electron chi connectivity index (χ4n) is 4.87. The number of fused-ring (bicyclic) bond motifs is 1. The molecule has 4 heterocycles. The topological polar surface area (TPSA) is 122 Å². The third kappa shape index (κ3) is 3.92. The number of nitrogens with zero attached hydrogens (tertiary/aromatic N) is 4. The highest BCUT2D eigenvalue weighted by Crippen LogP contribution is 2.35. The second-order valence-electron chi connectivity index (χ2n) is 8.82. The van der Waals surface area contributed by atoms with Crippen LogP contribution in [0.3, 0.4) is 0 Å². The van der Waals surface area contributed by atoms with E-state index in [1.165, 1.54) is 19.2 Å². The van der Waals surface area contributed by atoms with Gasteiger partial charge < -0.3 is 30.6 Å². The molecule has 0 aromatic carbocycles.